The van der Waals surface area contributed by atoms with E-state index in [9.17, 15) is 5.11 Å². The first-order valence-corrected chi connectivity index (χ1v) is 4.69. The van der Waals surface area contributed by atoms with E-state index in [4.69, 9.17) is 9.47 Å². The van der Waals surface area contributed by atoms with E-state index in [1.807, 2.05) is 0 Å². The molecule has 0 unspecified atom stereocenters. The summed E-state index contributed by atoms with van der Waals surface area (Å²) in [6.07, 6.45) is 0.0979. The van der Waals surface area contributed by atoms with Gasteiger partial charge in [0.15, 0.2) is 0 Å². The van der Waals surface area contributed by atoms with Crippen LogP contribution < -0.4 is 0 Å². The lowest BCUT2D eigenvalue weighted by Gasteiger charge is -2.37. The summed E-state index contributed by atoms with van der Waals surface area (Å²) in [6.45, 7) is 4.26. The third kappa shape index (κ3) is 0.605. The van der Waals surface area contributed by atoms with Gasteiger partial charge in [-0.25, -0.2) is 0 Å². The summed E-state index contributed by atoms with van der Waals surface area (Å²) in [5, 5.41) is 9.74. The predicted molar refractivity (Wildman–Crippen MR) is 41.7 cm³/mol. The lowest BCUT2D eigenvalue weighted by atomic mass is 9.87. The van der Waals surface area contributed by atoms with Gasteiger partial charge in [-0.3, -0.25) is 0 Å². The van der Waals surface area contributed by atoms with Crippen molar-refractivity contribution in [2.75, 3.05) is 0 Å². The molecule has 4 heterocycles. The average Bonchev–Trinajstić information content (AvgIpc) is 2.43. The van der Waals surface area contributed by atoms with E-state index >= 15 is 0 Å². The zero-order chi connectivity index (χ0) is 8.46. The number of rotatable bonds is 0. The highest BCUT2D eigenvalue weighted by atomic mass is 16.6. The van der Waals surface area contributed by atoms with Crippen LogP contribution in [0.1, 0.15) is 13.8 Å². The summed E-state index contributed by atoms with van der Waals surface area (Å²) in [5.74, 6) is 0.809. The molecule has 4 bridgehead atoms. The first-order valence-electron chi connectivity index (χ1n) is 4.69. The summed E-state index contributed by atoms with van der Waals surface area (Å²) < 4.78 is 11.4. The zero-order valence-corrected chi connectivity index (χ0v) is 7.31. The normalized spacial score (nSPS) is 67.8. The van der Waals surface area contributed by atoms with Crippen LogP contribution in [-0.4, -0.2) is 35.6 Å². The fourth-order valence-corrected chi connectivity index (χ4v) is 3.02. The molecule has 0 saturated carbocycles. The fraction of sp³-hybridized carbons (Fsp3) is 1.00. The van der Waals surface area contributed by atoms with E-state index in [1.165, 1.54) is 0 Å². The van der Waals surface area contributed by atoms with Gasteiger partial charge in [0.05, 0.1) is 18.3 Å². The Morgan fingerprint density at radius 1 is 0.833 bits per heavy atom. The molecule has 3 heteroatoms. The van der Waals surface area contributed by atoms with Crippen molar-refractivity contribution < 1.29 is 14.6 Å². The van der Waals surface area contributed by atoms with Crippen LogP contribution >= 0.6 is 0 Å². The summed E-state index contributed by atoms with van der Waals surface area (Å²) in [5.41, 5.74) is 0. The quantitative estimate of drug-likeness (QED) is 0.563. The highest BCUT2D eigenvalue weighted by Gasteiger charge is 2.63. The van der Waals surface area contributed by atoms with Gasteiger partial charge in [0.1, 0.15) is 12.2 Å². The molecule has 4 saturated heterocycles. The van der Waals surface area contributed by atoms with E-state index < -0.39 is 0 Å². The molecule has 0 aromatic carbocycles. The molecule has 0 amide bonds. The number of ether oxygens (including phenoxy) is 2. The Balaban J connectivity index is 2.01. The van der Waals surface area contributed by atoms with Crippen LogP contribution in [0.15, 0.2) is 0 Å². The minimum atomic E-state index is -0.383. The summed E-state index contributed by atoms with van der Waals surface area (Å²) in [7, 11) is 0. The molecule has 68 valence electrons. The molecular formula is C9H14O3. The molecule has 4 rings (SSSR count). The number of aliphatic hydroxyl groups is 1. The van der Waals surface area contributed by atoms with Gasteiger partial charge in [0, 0.05) is 11.8 Å². The van der Waals surface area contributed by atoms with Gasteiger partial charge in [-0.1, -0.05) is 13.8 Å². The van der Waals surface area contributed by atoms with Gasteiger partial charge in [0.25, 0.3) is 0 Å². The molecule has 1 N–H and O–H groups in total. The van der Waals surface area contributed by atoms with E-state index in [1.54, 1.807) is 0 Å². The van der Waals surface area contributed by atoms with Crippen LogP contribution in [0.5, 0.6) is 0 Å². The van der Waals surface area contributed by atoms with Gasteiger partial charge in [-0.05, 0) is 0 Å². The molecule has 4 aliphatic heterocycles. The number of hydrogen-bond donors (Lipinski definition) is 1. The van der Waals surface area contributed by atoms with Crippen LogP contribution in [0.4, 0.5) is 0 Å². The van der Waals surface area contributed by atoms with E-state index in [0.717, 1.165) is 0 Å². The van der Waals surface area contributed by atoms with Crippen molar-refractivity contribution in [1.82, 2.24) is 0 Å². The van der Waals surface area contributed by atoms with Crippen molar-refractivity contribution in [3.05, 3.63) is 0 Å². The lowest BCUT2D eigenvalue weighted by Crippen LogP contribution is -2.47. The predicted octanol–water partition coefficient (Wildman–Crippen LogP) is 0.168. The van der Waals surface area contributed by atoms with Crippen molar-refractivity contribution >= 4 is 0 Å². The van der Waals surface area contributed by atoms with Crippen molar-refractivity contribution in [2.45, 2.75) is 44.4 Å². The van der Waals surface area contributed by atoms with Gasteiger partial charge in [-0.15, -0.1) is 0 Å². The standard InChI is InChI=1S/C9H14O3/c1-3-6-4(2)8-9(11-6)5(10)7(3)12-8/h3-10H,1-2H3/t3-,4+,5+,6+,7+,8-,9-/m0/s1. The molecule has 0 aliphatic carbocycles. The molecular weight excluding hydrogens is 156 g/mol. The maximum absolute atomic E-state index is 9.74. The second kappa shape index (κ2) is 2.03. The molecule has 0 aromatic rings. The Morgan fingerprint density at radius 3 is 2.08 bits per heavy atom. The number of aliphatic hydroxyl groups excluding tert-OH is 1. The van der Waals surface area contributed by atoms with Gasteiger partial charge in [0.2, 0.25) is 0 Å². The molecule has 12 heavy (non-hydrogen) atoms. The van der Waals surface area contributed by atoms with Gasteiger partial charge >= 0.3 is 0 Å². The lowest BCUT2D eigenvalue weighted by molar-refractivity contribution is -0.149. The Bertz CT molecular complexity index is 188. The SMILES string of the molecule is C[C@@H]1[C@@H]2O[C@H]3[C@H](O)[C@H](O[C@@H]13)[C@H]2C. The van der Waals surface area contributed by atoms with Crippen LogP contribution in [0.3, 0.4) is 0 Å². The molecule has 4 aliphatic rings. The summed E-state index contributed by atoms with van der Waals surface area (Å²) in [4.78, 5) is 0. The topological polar surface area (TPSA) is 38.7 Å². The maximum atomic E-state index is 9.74. The van der Waals surface area contributed by atoms with Crippen LogP contribution in [0.2, 0.25) is 0 Å². The first-order chi connectivity index (χ1) is 5.70. The molecule has 0 aromatic heterocycles. The van der Waals surface area contributed by atoms with Crippen molar-refractivity contribution in [3.63, 3.8) is 0 Å². The Morgan fingerprint density at radius 2 is 1.42 bits per heavy atom. The number of hydrogen-bond acceptors (Lipinski definition) is 3. The van der Waals surface area contributed by atoms with Gasteiger partial charge < -0.3 is 14.6 Å². The highest BCUT2D eigenvalue weighted by Crippen LogP contribution is 2.49. The maximum Gasteiger partial charge on any atom is 0.113 e. The largest absolute Gasteiger partial charge is 0.388 e. The Hall–Kier alpha value is -0.120. The van der Waals surface area contributed by atoms with Gasteiger partial charge in [-0.2, -0.15) is 0 Å². The van der Waals surface area contributed by atoms with Crippen LogP contribution in [0, 0.1) is 11.8 Å². The highest BCUT2D eigenvalue weighted by molar-refractivity contribution is 5.09. The molecule has 3 nitrogen and oxygen atoms in total. The van der Waals surface area contributed by atoms with Crippen molar-refractivity contribution in [1.29, 1.82) is 0 Å². The van der Waals surface area contributed by atoms with E-state index in [2.05, 4.69) is 13.8 Å². The second-order valence-electron chi connectivity index (χ2n) is 4.34. The monoisotopic (exact) mass is 170 g/mol. The zero-order valence-electron chi connectivity index (χ0n) is 7.31. The minimum Gasteiger partial charge on any atom is -0.388 e. The van der Waals surface area contributed by atoms with Crippen LogP contribution in [0.25, 0.3) is 0 Å². The minimum absolute atomic E-state index is 0.0359. The van der Waals surface area contributed by atoms with E-state index in [0.29, 0.717) is 17.9 Å². The molecule has 0 spiro atoms. The first kappa shape index (κ1) is 7.30. The smallest absolute Gasteiger partial charge is 0.113 e. The molecule has 4 fully saturated rings. The Labute approximate surface area is 71.7 Å². The van der Waals surface area contributed by atoms with Crippen LogP contribution in [-0.2, 0) is 9.47 Å². The molecule has 7 atom stereocenters. The summed E-state index contributed by atoms with van der Waals surface area (Å²) in [6, 6.07) is 0. The third-order valence-corrected chi connectivity index (χ3v) is 3.70. The second-order valence-corrected chi connectivity index (χ2v) is 4.34. The average molecular weight is 170 g/mol. The fourth-order valence-electron chi connectivity index (χ4n) is 3.02. The Kier molecular flexibility index (Phi) is 1.23. The third-order valence-electron chi connectivity index (χ3n) is 3.70. The van der Waals surface area contributed by atoms with E-state index in [-0.39, 0.29) is 24.4 Å². The van der Waals surface area contributed by atoms with Crippen molar-refractivity contribution in [3.8, 4) is 0 Å². The summed E-state index contributed by atoms with van der Waals surface area (Å²) >= 11 is 0. The van der Waals surface area contributed by atoms with Crippen molar-refractivity contribution in [2.24, 2.45) is 11.8 Å². The molecule has 0 radical (unpaired) electrons.